The van der Waals surface area contributed by atoms with Gasteiger partial charge in [-0.2, -0.15) is 4.80 Å². The number of Topliss-reactive ketones (excluding diaryl/α,β-unsaturated/α-hetero) is 1. The number of hydrogen-bond acceptors (Lipinski definition) is 6. The zero-order valence-electron chi connectivity index (χ0n) is 12.2. The Hall–Kier alpha value is -3.13. The summed E-state index contributed by atoms with van der Waals surface area (Å²) in [7, 11) is 0. The first-order valence-corrected chi connectivity index (χ1v) is 7.22. The van der Waals surface area contributed by atoms with Crippen molar-refractivity contribution in [3.8, 4) is 11.4 Å². The minimum atomic E-state index is -0.502. The molecule has 0 aliphatic carbocycles. The second-order valence-corrected chi connectivity index (χ2v) is 5.32. The van der Waals surface area contributed by atoms with Crippen LogP contribution >= 0.6 is 11.6 Å². The second kappa shape index (κ2) is 6.55. The third-order valence-electron chi connectivity index (χ3n) is 3.22. The maximum absolute atomic E-state index is 12.2. The number of aromatic nitrogens is 4. The highest BCUT2D eigenvalue weighted by atomic mass is 35.5. The summed E-state index contributed by atoms with van der Waals surface area (Å²) in [5.41, 5.74) is 0.865. The monoisotopic (exact) mass is 343 g/mol. The van der Waals surface area contributed by atoms with E-state index < -0.39 is 4.92 Å². The predicted molar refractivity (Wildman–Crippen MR) is 85.7 cm³/mol. The Kier molecular flexibility index (Phi) is 4.30. The molecule has 0 bridgehead atoms. The molecule has 0 N–H and O–H groups in total. The molecule has 0 aliphatic rings. The van der Waals surface area contributed by atoms with E-state index in [0.717, 1.165) is 4.80 Å². The molecule has 0 amide bonds. The molecule has 0 unspecified atom stereocenters. The molecule has 0 spiro atoms. The normalized spacial score (nSPS) is 10.5. The average molecular weight is 344 g/mol. The molecular formula is C15H10ClN5O3. The Labute approximate surface area is 140 Å². The van der Waals surface area contributed by atoms with Crippen LogP contribution in [0.2, 0.25) is 5.02 Å². The van der Waals surface area contributed by atoms with Crippen molar-refractivity contribution in [1.82, 2.24) is 20.2 Å². The Bertz CT molecular complexity index is 907. The summed E-state index contributed by atoms with van der Waals surface area (Å²) in [4.78, 5) is 23.6. The van der Waals surface area contributed by atoms with Gasteiger partial charge in [0.2, 0.25) is 5.82 Å². The summed E-state index contributed by atoms with van der Waals surface area (Å²) in [5, 5.41) is 23.1. The highest BCUT2D eigenvalue weighted by Crippen LogP contribution is 2.20. The molecule has 1 heterocycles. The Balaban J connectivity index is 1.78. The number of hydrogen-bond donors (Lipinski definition) is 0. The number of non-ortho nitro benzene ring substituents is 1. The van der Waals surface area contributed by atoms with Crippen LogP contribution in [-0.2, 0) is 6.54 Å². The molecule has 24 heavy (non-hydrogen) atoms. The molecule has 0 saturated heterocycles. The van der Waals surface area contributed by atoms with Crippen molar-refractivity contribution in [3.05, 3.63) is 69.2 Å². The Morgan fingerprint density at radius 2 is 1.96 bits per heavy atom. The first-order valence-electron chi connectivity index (χ1n) is 6.84. The van der Waals surface area contributed by atoms with Crippen molar-refractivity contribution in [3.63, 3.8) is 0 Å². The summed E-state index contributed by atoms with van der Waals surface area (Å²) in [6.07, 6.45) is 0. The van der Waals surface area contributed by atoms with Crippen LogP contribution in [0.3, 0.4) is 0 Å². The fourth-order valence-corrected chi connectivity index (χ4v) is 2.17. The number of nitrogens with zero attached hydrogens (tertiary/aromatic N) is 5. The number of benzene rings is 2. The molecule has 120 valence electrons. The number of nitro benzene ring substituents is 1. The van der Waals surface area contributed by atoms with Gasteiger partial charge in [-0.05, 0) is 29.5 Å². The highest BCUT2D eigenvalue weighted by Gasteiger charge is 2.13. The van der Waals surface area contributed by atoms with Crippen LogP contribution in [0.5, 0.6) is 0 Å². The van der Waals surface area contributed by atoms with E-state index in [2.05, 4.69) is 15.4 Å². The van der Waals surface area contributed by atoms with Crippen molar-refractivity contribution in [2.75, 3.05) is 0 Å². The summed E-state index contributed by atoms with van der Waals surface area (Å²) in [6.45, 7) is -0.0937. The summed E-state index contributed by atoms with van der Waals surface area (Å²) >= 11 is 5.78. The number of tetrazole rings is 1. The standard InChI is InChI=1S/C15H10ClN5O3/c16-12-6-4-10(5-7-12)14(22)9-20-18-15(17-19-20)11-2-1-3-13(8-11)21(23)24/h1-8H,9H2. The number of carbonyl (C=O) groups is 1. The molecule has 3 aromatic rings. The minimum Gasteiger partial charge on any atom is -0.292 e. The molecule has 1 aromatic heterocycles. The van der Waals surface area contributed by atoms with Crippen molar-refractivity contribution in [1.29, 1.82) is 0 Å². The maximum Gasteiger partial charge on any atom is 0.270 e. The minimum absolute atomic E-state index is 0.0684. The van der Waals surface area contributed by atoms with Crippen LogP contribution in [0, 0.1) is 10.1 Å². The smallest absolute Gasteiger partial charge is 0.270 e. The molecule has 8 nitrogen and oxygen atoms in total. The summed E-state index contributed by atoms with van der Waals surface area (Å²) < 4.78 is 0. The molecule has 0 fully saturated rings. The topological polar surface area (TPSA) is 104 Å². The summed E-state index contributed by atoms with van der Waals surface area (Å²) in [5.74, 6) is 0.0114. The van der Waals surface area contributed by atoms with E-state index in [1.807, 2.05) is 0 Å². The van der Waals surface area contributed by atoms with Gasteiger partial charge in [-0.25, -0.2) is 0 Å². The fraction of sp³-hybridized carbons (Fsp3) is 0.0667. The van der Waals surface area contributed by atoms with Gasteiger partial charge in [-0.1, -0.05) is 23.7 Å². The first kappa shape index (κ1) is 15.8. The Morgan fingerprint density at radius 3 is 2.67 bits per heavy atom. The van der Waals surface area contributed by atoms with Gasteiger partial charge in [0.05, 0.1) is 4.92 Å². The largest absolute Gasteiger partial charge is 0.292 e. The zero-order valence-corrected chi connectivity index (χ0v) is 12.9. The van der Waals surface area contributed by atoms with Gasteiger partial charge in [0.25, 0.3) is 5.69 Å². The van der Waals surface area contributed by atoms with E-state index in [1.165, 1.54) is 18.2 Å². The molecular weight excluding hydrogens is 334 g/mol. The lowest BCUT2D eigenvalue weighted by Crippen LogP contribution is -2.13. The van der Waals surface area contributed by atoms with Gasteiger partial charge >= 0.3 is 0 Å². The van der Waals surface area contributed by atoms with Crippen molar-refractivity contribution >= 4 is 23.1 Å². The van der Waals surface area contributed by atoms with Gasteiger partial charge in [0.1, 0.15) is 6.54 Å². The van der Waals surface area contributed by atoms with Crippen LogP contribution in [-0.4, -0.2) is 30.9 Å². The van der Waals surface area contributed by atoms with E-state index in [0.29, 0.717) is 16.1 Å². The quantitative estimate of drug-likeness (QED) is 0.401. The maximum atomic E-state index is 12.2. The molecule has 0 radical (unpaired) electrons. The van der Waals surface area contributed by atoms with Crippen molar-refractivity contribution < 1.29 is 9.72 Å². The second-order valence-electron chi connectivity index (χ2n) is 4.88. The SMILES string of the molecule is O=C(Cn1nnc(-c2cccc([N+](=O)[O-])c2)n1)c1ccc(Cl)cc1. The average Bonchev–Trinajstić information content (AvgIpc) is 3.04. The van der Waals surface area contributed by atoms with Crippen LogP contribution in [0.15, 0.2) is 48.5 Å². The fourth-order valence-electron chi connectivity index (χ4n) is 2.04. The molecule has 9 heteroatoms. The lowest BCUT2D eigenvalue weighted by atomic mass is 10.1. The van der Waals surface area contributed by atoms with Crippen LogP contribution in [0.1, 0.15) is 10.4 Å². The van der Waals surface area contributed by atoms with Gasteiger partial charge in [-0.3, -0.25) is 14.9 Å². The zero-order chi connectivity index (χ0) is 17.1. The van der Waals surface area contributed by atoms with E-state index in [-0.39, 0.29) is 23.8 Å². The first-order chi connectivity index (χ1) is 11.5. The number of carbonyl (C=O) groups excluding carboxylic acids is 1. The number of halogens is 1. The van der Waals surface area contributed by atoms with Crippen molar-refractivity contribution in [2.45, 2.75) is 6.54 Å². The van der Waals surface area contributed by atoms with E-state index >= 15 is 0 Å². The number of ketones is 1. The molecule has 0 atom stereocenters. The molecule has 0 saturated carbocycles. The van der Waals surface area contributed by atoms with Gasteiger partial charge in [0, 0.05) is 28.3 Å². The lowest BCUT2D eigenvalue weighted by Gasteiger charge is -2.00. The van der Waals surface area contributed by atoms with E-state index in [4.69, 9.17) is 11.6 Å². The number of nitro groups is 1. The van der Waals surface area contributed by atoms with Crippen LogP contribution in [0.4, 0.5) is 5.69 Å². The van der Waals surface area contributed by atoms with Gasteiger partial charge < -0.3 is 0 Å². The van der Waals surface area contributed by atoms with E-state index in [1.54, 1.807) is 30.3 Å². The van der Waals surface area contributed by atoms with Gasteiger partial charge in [-0.15, -0.1) is 10.2 Å². The lowest BCUT2D eigenvalue weighted by molar-refractivity contribution is -0.384. The van der Waals surface area contributed by atoms with Gasteiger partial charge in [0.15, 0.2) is 5.78 Å². The predicted octanol–water partition coefficient (Wildman–Crippen LogP) is 2.78. The van der Waals surface area contributed by atoms with Crippen molar-refractivity contribution in [2.24, 2.45) is 0 Å². The molecule has 2 aromatic carbocycles. The van der Waals surface area contributed by atoms with Crippen LogP contribution in [0.25, 0.3) is 11.4 Å². The third kappa shape index (κ3) is 3.44. The van der Waals surface area contributed by atoms with Crippen LogP contribution < -0.4 is 0 Å². The highest BCUT2D eigenvalue weighted by molar-refractivity contribution is 6.30. The molecule has 0 aliphatic heterocycles. The number of rotatable bonds is 5. The Morgan fingerprint density at radius 1 is 1.21 bits per heavy atom. The summed E-state index contributed by atoms with van der Waals surface area (Å²) in [6, 6.07) is 12.4. The van der Waals surface area contributed by atoms with E-state index in [9.17, 15) is 14.9 Å². The third-order valence-corrected chi connectivity index (χ3v) is 3.47. The molecule has 3 rings (SSSR count).